The molecule has 1 fully saturated rings. The summed E-state index contributed by atoms with van der Waals surface area (Å²) in [6.07, 6.45) is 2.76. The van der Waals surface area contributed by atoms with Gasteiger partial charge in [-0.25, -0.2) is 0 Å². The molecule has 1 aliphatic rings. The van der Waals surface area contributed by atoms with Crippen LogP contribution >= 0.6 is 11.6 Å². The number of aromatic nitrogens is 1. The van der Waals surface area contributed by atoms with Crippen LogP contribution in [0.1, 0.15) is 28.8 Å². The van der Waals surface area contributed by atoms with Gasteiger partial charge in [-0.3, -0.25) is 38.6 Å². The van der Waals surface area contributed by atoms with Crippen molar-refractivity contribution >= 4 is 58.5 Å². The maximum atomic E-state index is 13.4. The molecule has 292 valence electrons. The van der Waals surface area contributed by atoms with Crippen LogP contribution < -0.4 is 20.3 Å². The van der Waals surface area contributed by atoms with Crippen molar-refractivity contribution in [1.29, 1.82) is 0 Å². The summed E-state index contributed by atoms with van der Waals surface area (Å²) in [6, 6.07) is 10.7. The van der Waals surface area contributed by atoms with Crippen LogP contribution in [-0.2, 0) is 30.4 Å². The summed E-state index contributed by atoms with van der Waals surface area (Å²) in [7, 11) is 1.52. The monoisotopic (exact) mass is 768 g/mol. The van der Waals surface area contributed by atoms with Crippen molar-refractivity contribution in [3.8, 4) is 5.75 Å². The first-order chi connectivity index (χ1) is 25.9. The van der Waals surface area contributed by atoms with Gasteiger partial charge < -0.3 is 39.8 Å². The highest BCUT2D eigenvalue weighted by molar-refractivity contribution is 6.30. The Morgan fingerprint density at radius 1 is 0.889 bits per heavy atom. The van der Waals surface area contributed by atoms with Crippen molar-refractivity contribution in [3.05, 3.63) is 64.8 Å². The summed E-state index contributed by atoms with van der Waals surface area (Å²) in [5, 5.41) is 37.1. The standard InChI is InChI=1S/C37H47ClN6O10/c1-54-29-8-9-31-30(22-29)27(23-44(31)36(51)26-4-6-28(38)7-5-26)21-33(46)39-10-2-3-32(37(52)53)43-17-15-40(19-20-45)11-12-41(24-34(47)48)13-14-42(16-18-43)25-35(49)50/h4-9,20,22-23,32H,2-3,10-19,21,24-25H2,1H3,(H,39,46)(H,47,48)(H,49,50)(H,52,53)/p-2. The number of carboxylic acids is 3. The number of fused-ring (bicyclic) bond motifs is 1. The molecule has 1 unspecified atom stereocenters. The fourth-order valence-electron chi connectivity index (χ4n) is 6.50. The Labute approximate surface area is 317 Å². The summed E-state index contributed by atoms with van der Waals surface area (Å²) in [5.74, 6) is -3.77. The van der Waals surface area contributed by atoms with Gasteiger partial charge in [0.25, 0.3) is 5.91 Å². The fourth-order valence-corrected chi connectivity index (χ4v) is 6.63. The van der Waals surface area contributed by atoms with Crippen LogP contribution in [0.2, 0.25) is 5.02 Å². The Kier molecular flexibility index (Phi) is 15.9. The minimum atomic E-state index is -1.32. The second kappa shape index (κ2) is 20.5. The second-order valence-electron chi connectivity index (χ2n) is 13.0. The van der Waals surface area contributed by atoms with Gasteiger partial charge >= 0.3 is 5.97 Å². The van der Waals surface area contributed by atoms with Crippen LogP contribution in [0.5, 0.6) is 5.75 Å². The molecule has 0 bridgehead atoms. The zero-order valence-electron chi connectivity index (χ0n) is 30.1. The summed E-state index contributed by atoms with van der Waals surface area (Å²) >= 11 is 6.00. The number of nitrogens with zero attached hydrogens (tertiary/aromatic N) is 5. The number of amides is 1. The topological polar surface area (TPSA) is 208 Å². The molecule has 1 atom stereocenters. The molecule has 4 rings (SSSR count). The van der Waals surface area contributed by atoms with E-state index in [1.807, 2.05) is 0 Å². The number of benzene rings is 2. The number of hydrogen-bond acceptors (Lipinski definition) is 13. The minimum Gasteiger partial charge on any atom is -0.549 e. The Morgan fingerprint density at radius 2 is 1.48 bits per heavy atom. The maximum Gasteiger partial charge on any atom is 0.320 e. The van der Waals surface area contributed by atoms with E-state index in [2.05, 4.69) is 5.32 Å². The van der Waals surface area contributed by atoms with E-state index in [1.165, 1.54) is 11.7 Å². The first-order valence-electron chi connectivity index (χ1n) is 17.6. The number of carbonyl (C=O) groups is 6. The predicted molar refractivity (Wildman–Crippen MR) is 194 cm³/mol. The van der Waals surface area contributed by atoms with E-state index in [9.17, 15) is 44.1 Å². The number of carboxylic acid groups (broad SMARTS) is 3. The Bertz CT molecular complexity index is 1780. The molecular weight excluding hydrogens is 724 g/mol. The molecule has 2 aromatic carbocycles. The van der Waals surface area contributed by atoms with E-state index < -0.39 is 30.5 Å². The quantitative estimate of drug-likeness (QED) is 0.130. The lowest BCUT2D eigenvalue weighted by molar-refractivity contribution is -0.308. The van der Waals surface area contributed by atoms with Crippen molar-refractivity contribution in [2.45, 2.75) is 25.3 Å². The smallest absolute Gasteiger partial charge is 0.320 e. The van der Waals surface area contributed by atoms with Crippen molar-refractivity contribution in [1.82, 2.24) is 29.5 Å². The molecule has 0 aliphatic carbocycles. The summed E-state index contributed by atoms with van der Waals surface area (Å²) in [4.78, 5) is 80.1. The number of carbonyl (C=O) groups excluding carboxylic acids is 5. The van der Waals surface area contributed by atoms with Crippen LogP contribution in [-0.4, -0.2) is 157 Å². The Morgan fingerprint density at radius 3 is 2.06 bits per heavy atom. The third-order valence-corrected chi connectivity index (χ3v) is 9.62. The Hall–Kier alpha value is -4.87. The molecule has 0 radical (unpaired) electrons. The molecule has 17 heteroatoms. The van der Waals surface area contributed by atoms with Crippen LogP contribution in [0, 0.1) is 0 Å². The molecule has 2 N–H and O–H groups in total. The van der Waals surface area contributed by atoms with Crippen molar-refractivity contribution in [2.75, 3.05) is 85.6 Å². The van der Waals surface area contributed by atoms with Crippen molar-refractivity contribution < 1.29 is 48.8 Å². The van der Waals surface area contributed by atoms with E-state index in [4.69, 9.17) is 16.3 Å². The number of hydrogen-bond donors (Lipinski definition) is 2. The highest BCUT2D eigenvalue weighted by Gasteiger charge is 2.27. The van der Waals surface area contributed by atoms with Crippen LogP contribution in [0.3, 0.4) is 0 Å². The van der Waals surface area contributed by atoms with Gasteiger partial charge in [0.05, 0.1) is 37.5 Å². The molecule has 1 aromatic heterocycles. The van der Waals surface area contributed by atoms with Crippen molar-refractivity contribution in [2.24, 2.45) is 0 Å². The highest BCUT2D eigenvalue weighted by atomic mass is 35.5. The van der Waals surface area contributed by atoms with E-state index >= 15 is 0 Å². The number of aliphatic carboxylic acids is 3. The molecule has 0 saturated carbocycles. The van der Waals surface area contributed by atoms with Gasteiger partial charge in [0.2, 0.25) is 5.91 Å². The van der Waals surface area contributed by atoms with E-state index in [1.54, 1.807) is 68.3 Å². The molecule has 2 heterocycles. The lowest BCUT2D eigenvalue weighted by atomic mass is 10.1. The van der Waals surface area contributed by atoms with Crippen LogP contribution in [0.4, 0.5) is 0 Å². The van der Waals surface area contributed by atoms with Gasteiger partial charge in [-0.2, -0.15) is 0 Å². The fraction of sp³-hybridized carbons (Fsp3) is 0.459. The lowest BCUT2D eigenvalue weighted by Gasteiger charge is -2.36. The van der Waals surface area contributed by atoms with Gasteiger partial charge in [-0.1, -0.05) is 11.6 Å². The number of ether oxygens (including phenoxy) is 1. The average molecular weight is 769 g/mol. The molecule has 3 aromatic rings. The lowest BCUT2D eigenvalue weighted by Crippen LogP contribution is -2.52. The molecule has 0 spiro atoms. The number of rotatable bonds is 16. The largest absolute Gasteiger partial charge is 0.549 e. The third-order valence-electron chi connectivity index (χ3n) is 9.37. The zero-order chi connectivity index (χ0) is 39.2. The maximum absolute atomic E-state index is 13.4. The molecule has 16 nitrogen and oxygen atoms in total. The number of aldehydes is 1. The van der Waals surface area contributed by atoms with E-state index in [-0.39, 0.29) is 83.6 Å². The van der Waals surface area contributed by atoms with E-state index in [0.717, 1.165) is 6.29 Å². The van der Waals surface area contributed by atoms with E-state index in [0.29, 0.717) is 52.3 Å². The average Bonchev–Trinajstić information content (AvgIpc) is 3.48. The SMILES string of the molecule is COc1ccc2c(c1)c(CC(=O)NCCCC(C(=O)O)N1CCN(CC=O)CCN(CC(=O)[O-])CCN(CC(=O)[O-])CC1)cn2C(=O)c1ccc(Cl)cc1. The molecule has 54 heavy (non-hydrogen) atoms. The number of methoxy groups -OCH3 is 1. The van der Waals surface area contributed by atoms with Crippen molar-refractivity contribution in [3.63, 3.8) is 0 Å². The number of halogens is 1. The Balaban J connectivity index is 1.42. The predicted octanol–water partition coefficient (Wildman–Crippen LogP) is -1.20. The molecular formula is C37H45ClN6O10-2. The molecule has 1 amide bonds. The van der Waals surface area contributed by atoms with Crippen LogP contribution in [0.15, 0.2) is 48.7 Å². The zero-order valence-corrected chi connectivity index (χ0v) is 30.9. The normalized spacial score (nSPS) is 16.2. The van der Waals surface area contributed by atoms with Gasteiger partial charge in [0.1, 0.15) is 18.1 Å². The van der Waals surface area contributed by atoms with Gasteiger partial charge in [0, 0.05) is 94.2 Å². The van der Waals surface area contributed by atoms with Gasteiger partial charge in [0.15, 0.2) is 0 Å². The number of nitrogens with one attached hydrogen (secondary N) is 1. The second-order valence-corrected chi connectivity index (χ2v) is 13.5. The first kappa shape index (κ1) is 41.9. The van der Waals surface area contributed by atoms with Gasteiger partial charge in [-0.05, 0) is 60.9 Å². The molecule has 1 saturated heterocycles. The molecule has 1 aliphatic heterocycles. The highest BCUT2D eigenvalue weighted by Crippen LogP contribution is 2.27. The van der Waals surface area contributed by atoms with Gasteiger partial charge in [-0.15, -0.1) is 0 Å². The summed E-state index contributed by atoms with van der Waals surface area (Å²) in [6.45, 7) is 1.33. The summed E-state index contributed by atoms with van der Waals surface area (Å²) in [5.41, 5.74) is 1.60. The summed E-state index contributed by atoms with van der Waals surface area (Å²) < 4.78 is 6.86. The van der Waals surface area contributed by atoms with Crippen LogP contribution in [0.25, 0.3) is 10.9 Å². The first-order valence-corrected chi connectivity index (χ1v) is 18.0. The third kappa shape index (κ3) is 12.3. The minimum absolute atomic E-state index is 0.0553.